The molecule has 0 unspecified atom stereocenters. The number of hydrogen-bond acceptors (Lipinski definition) is 6. The number of phosphoric acid groups is 1. The maximum absolute atomic E-state index is 12.3. The van der Waals surface area contributed by atoms with E-state index < -0.39 is 32.5 Å². The van der Waals surface area contributed by atoms with Gasteiger partial charge in [0, 0.05) is 12.8 Å². The topological polar surface area (TPSA) is 119 Å². The summed E-state index contributed by atoms with van der Waals surface area (Å²) in [7, 11) is -4.74. The molecular weight excluding hydrogens is 567 g/mol. The molecule has 0 radical (unpaired) electrons. The second-order valence-corrected chi connectivity index (χ2v) is 13.1. The molecule has 254 valence electrons. The molecule has 0 spiro atoms. The van der Waals surface area contributed by atoms with E-state index in [4.69, 9.17) is 19.3 Å². The second kappa shape index (κ2) is 30.8. The van der Waals surface area contributed by atoms with E-state index in [9.17, 15) is 14.2 Å². The van der Waals surface area contributed by atoms with Crippen LogP contribution in [0.2, 0.25) is 0 Å². The van der Waals surface area contributed by atoms with Gasteiger partial charge in [-0.1, -0.05) is 135 Å². The van der Waals surface area contributed by atoms with Gasteiger partial charge < -0.3 is 19.3 Å². The van der Waals surface area contributed by atoms with E-state index >= 15 is 0 Å². The van der Waals surface area contributed by atoms with Gasteiger partial charge in [-0.2, -0.15) is 0 Å². The zero-order valence-electron chi connectivity index (χ0n) is 27.6. The van der Waals surface area contributed by atoms with Crippen LogP contribution >= 0.6 is 7.82 Å². The number of carbonyl (C=O) groups excluding carboxylic acids is 2. The molecule has 0 aliphatic heterocycles. The van der Waals surface area contributed by atoms with Gasteiger partial charge >= 0.3 is 19.8 Å². The Balaban J connectivity index is 4.00. The average Bonchev–Trinajstić information content (AvgIpc) is 2.97. The number of hydrogen-bond donors (Lipinski definition) is 2. The molecule has 0 aliphatic rings. The molecule has 0 saturated heterocycles. The molecule has 0 fully saturated rings. The van der Waals surface area contributed by atoms with Crippen LogP contribution < -0.4 is 0 Å². The number of allylic oxidation sites excluding steroid dienone is 2. The van der Waals surface area contributed by atoms with Gasteiger partial charge in [0.1, 0.15) is 6.61 Å². The molecule has 43 heavy (non-hydrogen) atoms. The van der Waals surface area contributed by atoms with E-state index in [1.165, 1.54) is 89.9 Å². The highest BCUT2D eigenvalue weighted by Crippen LogP contribution is 2.36. The Hall–Kier alpha value is -1.21. The first-order valence-corrected chi connectivity index (χ1v) is 19.0. The third kappa shape index (κ3) is 33.5. The average molecular weight is 633 g/mol. The minimum Gasteiger partial charge on any atom is -0.462 e. The van der Waals surface area contributed by atoms with E-state index in [0.29, 0.717) is 6.42 Å². The highest BCUT2D eigenvalue weighted by Gasteiger charge is 2.22. The van der Waals surface area contributed by atoms with Crippen molar-refractivity contribution >= 4 is 19.8 Å². The molecule has 0 heterocycles. The van der Waals surface area contributed by atoms with E-state index in [1.54, 1.807) is 0 Å². The third-order valence-corrected chi connectivity index (χ3v) is 8.02. The van der Waals surface area contributed by atoms with Crippen molar-refractivity contribution in [1.29, 1.82) is 0 Å². The summed E-state index contributed by atoms with van der Waals surface area (Å²) in [5.41, 5.74) is 0. The van der Waals surface area contributed by atoms with Crippen molar-refractivity contribution in [1.82, 2.24) is 0 Å². The van der Waals surface area contributed by atoms with Crippen LogP contribution in [0.25, 0.3) is 0 Å². The van der Waals surface area contributed by atoms with Crippen LogP contribution in [0.3, 0.4) is 0 Å². The lowest BCUT2D eigenvalue weighted by Crippen LogP contribution is -2.29. The Morgan fingerprint density at radius 1 is 0.581 bits per heavy atom. The van der Waals surface area contributed by atoms with Gasteiger partial charge in [0.25, 0.3) is 0 Å². The monoisotopic (exact) mass is 632 g/mol. The molecule has 2 N–H and O–H groups in total. The number of ether oxygens (including phenoxy) is 2. The fourth-order valence-electron chi connectivity index (χ4n) is 4.90. The van der Waals surface area contributed by atoms with Crippen LogP contribution in [-0.4, -0.2) is 41.0 Å². The summed E-state index contributed by atoms with van der Waals surface area (Å²) in [5.74, 6) is -0.891. The molecule has 0 amide bonds. The summed E-state index contributed by atoms with van der Waals surface area (Å²) >= 11 is 0. The lowest BCUT2D eigenvalue weighted by molar-refractivity contribution is -0.161. The maximum Gasteiger partial charge on any atom is 0.469 e. The van der Waals surface area contributed by atoms with Crippen molar-refractivity contribution in [2.24, 2.45) is 0 Å². The van der Waals surface area contributed by atoms with Crippen molar-refractivity contribution in [2.75, 3.05) is 13.2 Å². The van der Waals surface area contributed by atoms with Crippen LogP contribution in [0.15, 0.2) is 12.2 Å². The molecule has 8 nitrogen and oxygen atoms in total. The molecule has 9 heteroatoms. The van der Waals surface area contributed by atoms with Crippen LogP contribution in [0.4, 0.5) is 0 Å². The highest BCUT2D eigenvalue weighted by molar-refractivity contribution is 7.46. The zero-order valence-corrected chi connectivity index (χ0v) is 28.5. The summed E-state index contributed by atoms with van der Waals surface area (Å²) in [4.78, 5) is 42.5. The second-order valence-electron chi connectivity index (χ2n) is 11.8. The fraction of sp³-hybridized carbons (Fsp3) is 0.882. The Bertz CT molecular complexity index is 721. The number of unbranched alkanes of at least 4 members (excludes halogenated alkanes) is 20. The van der Waals surface area contributed by atoms with Crippen LogP contribution in [0.5, 0.6) is 0 Å². The first kappa shape index (κ1) is 41.8. The first-order valence-electron chi connectivity index (χ1n) is 17.5. The highest BCUT2D eigenvalue weighted by atomic mass is 31.2. The van der Waals surface area contributed by atoms with Gasteiger partial charge in [-0.3, -0.25) is 14.1 Å². The summed E-state index contributed by atoms with van der Waals surface area (Å²) in [6, 6.07) is 0. The summed E-state index contributed by atoms with van der Waals surface area (Å²) in [6.07, 6.45) is 30.7. The molecule has 0 rings (SSSR count). The van der Waals surface area contributed by atoms with Gasteiger partial charge in [-0.05, 0) is 38.5 Å². The number of phosphoric ester groups is 1. The molecule has 0 bridgehead atoms. The summed E-state index contributed by atoms with van der Waals surface area (Å²) < 4.78 is 26.2. The third-order valence-electron chi connectivity index (χ3n) is 7.53. The Labute approximate surface area is 263 Å². The quantitative estimate of drug-likeness (QED) is 0.0325. The molecular formula is C34H65O8P. The smallest absolute Gasteiger partial charge is 0.462 e. The summed E-state index contributed by atoms with van der Waals surface area (Å²) in [6.45, 7) is 3.64. The number of rotatable bonds is 32. The van der Waals surface area contributed by atoms with E-state index in [1.807, 2.05) is 0 Å². The lowest BCUT2D eigenvalue weighted by Gasteiger charge is -2.18. The van der Waals surface area contributed by atoms with Gasteiger partial charge in [0.05, 0.1) is 6.61 Å². The molecule has 0 aliphatic carbocycles. The molecule has 0 saturated carbocycles. The van der Waals surface area contributed by atoms with Gasteiger partial charge in [0.2, 0.25) is 0 Å². The van der Waals surface area contributed by atoms with Crippen molar-refractivity contribution in [3.63, 3.8) is 0 Å². The van der Waals surface area contributed by atoms with Gasteiger partial charge in [-0.15, -0.1) is 0 Å². The van der Waals surface area contributed by atoms with Gasteiger partial charge in [-0.25, -0.2) is 4.57 Å². The largest absolute Gasteiger partial charge is 0.469 e. The predicted octanol–water partition coefficient (Wildman–Crippen LogP) is 9.90. The van der Waals surface area contributed by atoms with Crippen molar-refractivity contribution in [3.8, 4) is 0 Å². The fourth-order valence-corrected chi connectivity index (χ4v) is 5.26. The number of carbonyl (C=O) groups is 2. The number of esters is 2. The molecule has 0 aromatic carbocycles. The standard InChI is InChI=1S/C34H65O8P/c1-3-5-7-9-11-13-15-16-17-19-21-23-25-27-29-34(36)42-32(31-41-43(37,38)39)30-40-33(35)28-26-24-22-20-18-14-12-10-8-6-4-2/h15-16,32H,3-14,17-31H2,1-2H3,(H2,37,38,39)/b16-15-/t32-/m1/s1. The zero-order chi connectivity index (χ0) is 31.9. The van der Waals surface area contributed by atoms with E-state index in [-0.39, 0.29) is 19.4 Å². The molecule has 0 aromatic heterocycles. The minimum absolute atomic E-state index is 0.205. The van der Waals surface area contributed by atoms with Crippen LogP contribution in [0.1, 0.15) is 174 Å². The summed E-state index contributed by atoms with van der Waals surface area (Å²) in [5, 5.41) is 0. The van der Waals surface area contributed by atoms with Crippen LogP contribution in [0, 0.1) is 0 Å². The Morgan fingerprint density at radius 2 is 0.977 bits per heavy atom. The van der Waals surface area contributed by atoms with Crippen LogP contribution in [-0.2, 0) is 28.2 Å². The lowest BCUT2D eigenvalue weighted by atomic mass is 10.1. The van der Waals surface area contributed by atoms with E-state index in [2.05, 4.69) is 30.5 Å². The normalized spacial score (nSPS) is 12.6. The molecule has 1 atom stereocenters. The Morgan fingerprint density at radius 3 is 1.42 bits per heavy atom. The van der Waals surface area contributed by atoms with Crippen molar-refractivity contribution in [2.45, 2.75) is 180 Å². The Kier molecular flexibility index (Phi) is 29.9. The SMILES string of the molecule is CCCCCCC/C=C\CCCCCCCC(=O)O[C@H](COC(=O)CCCCCCCCCCCCC)COP(=O)(O)O. The van der Waals surface area contributed by atoms with E-state index in [0.717, 1.165) is 51.4 Å². The van der Waals surface area contributed by atoms with Crippen molar-refractivity contribution in [3.05, 3.63) is 12.2 Å². The molecule has 0 aromatic rings. The minimum atomic E-state index is -4.74. The van der Waals surface area contributed by atoms with Crippen molar-refractivity contribution < 1.29 is 37.9 Å². The van der Waals surface area contributed by atoms with Gasteiger partial charge in [0.15, 0.2) is 6.10 Å². The maximum atomic E-state index is 12.3. The first-order chi connectivity index (χ1) is 20.8. The predicted molar refractivity (Wildman–Crippen MR) is 175 cm³/mol.